The van der Waals surface area contributed by atoms with Gasteiger partial charge in [0.1, 0.15) is 0 Å². The molecule has 0 bridgehead atoms. The fraction of sp³-hybridized carbons (Fsp3) is 1.00. The van der Waals surface area contributed by atoms with E-state index in [9.17, 15) is 8.42 Å². The van der Waals surface area contributed by atoms with Crippen LogP contribution in [0.25, 0.3) is 0 Å². The lowest BCUT2D eigenvalue weighted by molar-refractivity contribution is 0.125. The predicted octanol–water partition coefficient (Wildman–Crippen LogP) is 0.352. The third-order valence-corrected chi connectivity index (χ3v) is 5.66. The molecule has 2 heterocycles. The van der Waals surface area contributed by atoms with Crippen LogP contribution in [0.15, 0.2) is 0 Å². The summed E-state index contributed by atoms with van der Waals surface area (Å²) >= 11 is 5.68. The van der Waals surface area contributed by atoms with Crippen molar-refractivity contribution in [3.8, 4) is 0 Å². The molecule has 0 amide bonds. The lowest BCUT2D eigenvalue weighted by Crippen LogP contribution is -2.50. The molecule has 106 valence electrons. The highest BCUT2D eigenvalue weighted by Gasteiger charge is 2.30. The highest BCUT2D eigenvalue weighted by atomic mass is 35.5. The molecule has 2 saturated heterocycles. The maximum absolute atomic E-state index is 12.2. The standard InChI is InChI=1S/C11H21ClN2O3S/c12-3-4-13-5-7-14(8-6-13)18(15,16)10-11-2-1-9-17-11/h11H,1-10H2. The highest BCUT2D eigenvalue weighted by molar-refractivity contribution is 7.89. The largest absolute Gasteiger partial charge is 0.377 e. The molecule has 0 aromatic carbocycles. The van der Waals surface area contributed by atoms with Gasteiger partial charge < -0.3 is 4.74 Å². The molecule has 0 spiro atoms. The zero-order valence-electron chi connectivity index (χ0n) is 10.6. The monoisotopic (exact) mass is 296 g/mol. The van der Waals surface area contributed by atoms with Crippen molar-refractivity contribution in [2.24, 2.45) is 0 Å². The van der Waals surface area contributed by atoms with E-state index >= 15 is 0 Å². The summed E-state index contributed by atoms with van der Waals surface area (Å²) in [6.07, 6.45) is 1.74. The minimum atomic E-state index is -3.16. The maximum Gasteiger partial charge on any atom is 0.216 e. The molecule has 2 aliphatic rings. The van der Waals surface area contributed by atoms with Gasteiger partial charge in [-0.25, -0.2) is 8.42 Å². The number of rotatable bonds is 5. The first-order valence-corrected chi connectivity index (χ1v) is 8.64. The molecule has 2 aliphatic heterocycles. The van der Waals surface area contributed by atoms with E-state index in [1.807, 2.05) is 0 Å². The number of hydrogen-bond acceptors (Lipinski definition) is 4. The van der Waals surface area contributed by atoms with Crippen LogP contribution in [0.3, 0.4) is 0 Å². The molecule has 0 N–H and O–H groups in total. The van der Waals surface area contributed by atoms with Gasteiger partial charge in [-0.1, -0.05) is 0 Å². The van der Waals surface area contributed by atoms with Crippen LogP contribution >= 0.6 is 11.6 Å². The molecule has 0 aromatic rings. The number of halogens is 1. The fourth-order valence-corrected chi connectivity index (χ4v) is 4.37. The van der Waals surface area contributed by atoms with Crippen LogP contribution in [0.5, 0.6) is 0 Å². The first-order chi connectivity index (χ1) is 8.62. The smallest absolute Gasteiger partial charge is 0.216 e. The maximum atomic E-state index is 12.2. The van der Waals surface area contributed by atoms with Crippen LogP contribution in [0.4, 0.5) is 0 Å². The van der Waals surface area contributed by atoms with Crippen molar-refractivity contribution < 1.29 is 13.2 Å². The molecular weight excluding hydrogens is 276 g/mol. The average Bonchev–Trinajstić information content (AvgIpc) is 2.82. The quantitative estimate of drug-likeness (QED) is 0.687. The molecule has 5 nitrogen and oxygen atoms in total. The van der Waals surface area contributed by atoms with Crippen molar-refractivity contribution in [1.82, 2.24) is 9.21 Å². The number of ether oxygens (including phenoxy) is 1. The lowest BCUT2D eigenvalue weighted by atomic mass is 10.3. The first-order valence-electron chi connectivity index (χ1n) is 6.49. The van der Waals surface area contributed by atoms with E-state index < -0.39 is 10.0 Å². The summed E-state index contributed by atoms with van der Waals surface area (Å²) in [4.78, 5) is 2.20. The van der Waals surface area contributed by atoms with Crippen LogP contribution in [-0.4, -0.2) is 74.7 Å². The Kier molecular flexibility index (Phi) is 5.26. The van der Waals surface area contributed by atoms with Gasteiger partial charge in [-0.3, -0.25) is 4.90 Å². The molecule has 1 unspecified atom stereocenters. The lowest BCUT2D eigenvalue weighted by Gasteiger charge is -2.33. The minimum absolute atomic E-state index is 0.101. The summed E-state index contributed by atoms with van der Waals surface area (Å²) in [5.41, 5.74) is 0. The normalized spacial score (nSPS) is 27.7. The van der Waals surface area contributed by atoms with Crippen molar-refractivity contribution in [3.05, 3.63) is 0 Å². The Morgan fingerprint density at radius 3 is 2.50 bits per heavy atom. The van der Waals surface area contributed by atoms with Crippen molar-refractivity contribution >= 4 is 21.6 Å². The molecule has 1 atom stereocenters. The summed E-state index contributed by atoms with van der Waals surface area (Å²) in [5, 5.41) is 0. The van der Waals surface area contributed by atoms with Crippen molar-refractivity contribution in [2.45, 2.75) is 18.9 Å². The van der Waals surface area contributed by atoms with E-state index in [1.165, 1.54) is 0 Å². The van der Waals surface area contributed by atoms with Gasteiger partial charge in [-0.2, -0.15) is 4.31 Å². The summed E-state index contributed by atoms with van der Waals surface area (Å²) < 4.78 is 31.4. The summed E-state index contributed by atoms with van der Waals surface area (Å²) in [6.45, 7) is 4.23. The van der Waals surface area contributed by atoms with E-state index in [2.05, 4.69) is 4.90 Å². The number of nitrogens with zero attached hydrogens (tertiary/aromatic N) is 2. The van der Waals surface area contributed by atoms with Gasteiger partial charge in [0.05, 0.1) is 11.9 Å². The van der Waals surface area contributed by atoms with E-state index in [0.29, 0.717) is 25.6 Å². The Morgan fingerprint density at radius 2 is 1.94 bits per heavy atom. The van der Waals surface area contributed by atoms with E-state index in [0.717, 1.165) is 32.5 Å². The van der Waals surface area contributed by atoms with Crippen LogP contribution in [0, 0.1) is 0 Å². The molecule has 2 rings (SSSR count). The van der Waals surface area contributed by atoms with Gasteiger partial charge in [0.2, 0.25) is 10.0 Å². The molecule has 0 radical (unpaired) electrons. The summed E-state index contributed by atoms with van der Waals surface area (Å²) in [7, 11) is -3.16. The van der Waals surface area contributed by atoms with E-state index in [-0.39, 0.29) is 11.9 Å². The van der Waals surface area contributed by atoms with Crippen LogP contribution in [-0.2, 0) is 14.8 Å². The topological polar surface area (TPSA) is 49.9 Å². The van der Waals surface area contributed by atoms with Gasteiger partial charge in [0.25, 0.3) is 0 Å². The number of sulfonamides is 1. The van der Waals surface area contributed by atoms with Gasteiger partial charge in [-0.05, 0) is 12.8 Å². The first kappa shape index (κ1) is 14.5. The zero-order chi connectivity index (χ0) is 13.0. The van der Waals surface area contributed by atoms with Gasteiger partial charge in [0.15, 0.2) is 0 Å². The zero-order valence-corrected chi connectivity index (χ0v) is 12.1. The van der Waals surface area contributed by atoms with E-state index in [1.54, 1.807) is 4.31 Å². The molecule has 18 heavy (non-hydrogen) atoms. The van der Waals surface area contributed by atoms with Crippen LogP contribution in [0.1, 0.15) is 12.8 Å². The van der Waals surface area contributed by atoms with Crippen molar-refractivity contribution in [3.63, 3.8) is 0 Å². The van der Waals surface area contributed by atoms with Gasteiger partial charge in [0, 0.05) is 45.2 Å². The second kappa shape index (κ2) is 6.52. The summed E-state index contributed by atoms with van der Waals surface area (Å²) in [6, 6.07) is 0. The Labute approximate surface area is 114 Å². The third kappa shape index (κ3) is 3.81. The fourth-order valence-electron chi connectivity index (χ4n) is 2.47. The number of alkyl halides is 1. The minimum Gasteiger partial charge on any atom is -0.377 e. The van der Waals surface area contributed by atoms with Gasteiger partial charge >= 0.3 is 0 Å². The highest BCUT2D eigenvalue weighted by Crippen LogP contribution is 2.17. The van der Waals surface area contributed by atoms with E-state index in [4.69, 9.17) is 16.3 Å². The number of piperazine rings is 1. The SMILES string of the molecule is O=S(=O)(CC1CCCO1)N1CCN(CCCl)CC1. The van der Waals surface area contributed by atoms with Crippen molar-refractivity contribution in [1.29, 1.82) is 0 Å². The Bertz CT molecular complexity index is 349. The molecule has 0 saturated carbocycles. The van der Waals surface area contributed by atoms with Crippen molar-refractivity contribution in [2.75, 3.05) is 51.0 Å². The average molecular weight is 297 g/mol. The van der Waals surface area contributed by atoms with Crippen LogP contribution in [0.2, 0.25) is 0 Å². The summed E-state index contributed by atoms with van der Waals surface area (Å²) in [5.74, 6) is 0.741. The van der Waals surface area contributed by atoms with Gasteiger partial charge in [-0.15, -0.1) is 11.6 Å². The Balaban J connectivity index is 1.83. The second-order valence-electron chi connectivity index (χ2n) is 4.84. The molecule has 7 heteroatoms. The molecule has 0 aromatic heterocycles. The predicted molar refractivity (Wildman–Crippen MR) is 71.5 cm³/mol. The second-order valence-corrected chi connectivity index (χ2v) is 7.23. The molecular formula is C11H21ClN2O3S. The van der Waals surface area contributed by atoms with Crippen LogP contribution < -0.4 is 0 Å². The molecule has 2 fully saturated rings. The molecule has 0 aliphatic carbocycles. The number of hydrogen-bond donors (Lipinski definition) is 0. The Morgan fingerprint density at radius 1 is 1.22 bits per heavy atom. The third-order valence-electron chi connectivity index (χ3n) is 3.55. The Hall–Kier alpha value is 0.120.